The third-order valence-electron chi connectivity index (χ3n) is 6.48. The number of nitrogens with zero attached hydrogens (tertiary/aromatic N) is 2. The van der Waals surface area contributed by atoms with Crippen LogP contribution in [0.4, 0.5) is 0 Å². The molecule has 3 atom stereocenters. The number of likely N-dealkylation sites (tertiary alicyclic amines) is 2. The number of halogens is 1. The molecule has 5 rings (SSSR count). The van der Waals surface area contributed by atoms with Gasteiger partial charge in [-0.3, -0.25) is 9.69 Å². The Hall–Kier alpha value is -2.24. The minimum absolute atomic E-state index is 0. The molecular weight excluding hydrogens is 388 g/mol. The van der Waals surface area contributed by atoms with Crippen molar-refractivity contribution >= 4 is 18.3 Å². The molecule has 6 heteroatoms. The summed E-state index contributed by atoms with van der Waals surface area (Å²) in [6.07, 6.45) is 0. The van der Waals surface area contributed by atoms with Crippen molar-refractivity contribution in [1.29, 1.82) is 0 Å². The number of carbonyl (C=O) groups is 1. The predicted octanol–water partition coefficient (Wildman–Crippen LogP) is 3.56. The maximum Gasteiger partial charge on any atom is 0.254 e. The van der Waals surface area contributed by atoms with Crippen LogP contribution in [0.2, 0.25) is 0 Å². The van der Waals surface area contributed by atoms with Crippen molar-refractivity contribution in [2.45, 2.75) is 13.0 Å². The van der Waals surface area contributed by atoms with Gasteiger partial charge in [0, 0.05) is 37.2 Å². The van der Waals surface area contributed by atoms with E-state index in [4.69, 9.17) is 9.47 Å². The van der Waals surface area contributed by atoms with Gasteiger partial charge in [-0.1, -0.05) is 24.3 Å². The first-order valence-electron chi connectivity index (χ1n) is 10.1. The molecule has 0 bridgehead atoms. The molecule has 3 aliphatic rings. The summed E-state index contributed by atoms with van der Waals surface area (Å²) < 4.78 is 11.2. The van der Waals surface area contributed by atoms with E-state index in [0.717, 1.165) is 25.4 Å². The molecule has 154 valence electrons. The minimum atomic E-state index is 0. The number of benzene rings is 2. The van der Waals surface area contributed by atoms with Gasteiger partial charge in [0.15, 0.2) is 11.5 Å². The molecule has 0 radical (unpaired) electrons. The highest BCUT2D eigenvalue weighted by molar-refractivity contribution is 5.95. The lowest BCUT2D eigenvalue weighted by molar-refractivity contribution is 0.0766. The molecule has 0 aliphatic carbocycles. The van der Waals surface area contributed by atoms with Crippen LogP contribution < -0.4 is 9.47 Å². The van der Waals surface area contributed by atoms with Crippen LogP contribution in [0, 0.1) is 18.8 Å². The van der Waals surface area contributed by atoms with E-state index in [2.05, 4.69) is 43.1 Å². The molecular formula is C23H27ClN2O3. The van der Waals surface area contributed by atoms with Crippen molar-refractivity contribution in [2.24, 2.45) is 11.8 Å². The standard InChI is InChI=1S/C23H26N2O3.ClH/c1-15-5-3-4-6-18(15)22-19-14-25(13-17(19)12-24(22)2)23(26)16-7-8-20-21(11-16)28-10-9-27-20;/h3-8,11,17,19,22H,9-10,12-14H2,1-2H3;1H/t17-,19+,22+;/m0./s1. The maximum atomic E-state index is 13.2. The summed E-state index contributed by atoms with van der Waals surface area (Å²) in [5, 5.41) is 0. The third-order valence-corrected chi connectivity index (χ3v) is 6.48. The molecule has 0 aromatic heterocycles. The van der Waals surface area contributed by atoms with E-state index in [9.17, 15) is 4.79 Å². The zero-order valence-corrected chi connectivity index (χ0v) is 17.7. The lowest BCUT2D eigenvalue weighted by Crippen LogP contribution is -2.33. The lowest BCUT2D eigenvalue weighted by atomic mass is 9.88. The lowest BCUT2D eigenvalue weighted by Gasteiger charge is -2.28. The van der Waals surface area contributed by atoms with Gasteiger partial charge in [-0.25, -0.2) is 0 Å². The number of ether oxygens (including phenoxy) is 2. The summed E-state index contributed by atoms with van der Waals surface area (Å²) in [5.74, 6) is 2.50. The quantitative estimate of drug-likeness (QED) is 0.753. The van der Waals surface area contributed by atoms with Crippen LogP contribution in [-0.2, 0) is 0 Å². The monoisotopic (exact) mass is 414 g/mol. The highest BCUT2D eigenvalue weighted by atomic mass is 35.5. The molecule has 2 saturated heterocycles. The average Bonchev–Trinajstić information content (AvgIpc) is 3.24. The molecule has 2 aromatic carbocycles. The van der Waals surface area contributed by atoms with E-state index in [0.29, 0.717) is 42.4 Å². The highest BCUT2D eigenvalue weighted by Crippen LogP contribution is 2.45. The zero-order valence-electron chi connectivity index (χ0n) is 16.8. The number of hydrogen-bond donors (Lipinski definition) is 0. The van der Waals surface area contributed by atoms with E-state index >= 15 is 0 Å². The van der Waals surface area contributed by atoms with E-state index in [-0.39, 0.29) is 18.3 Å². The zero-order chi connectivity index (χ0) is 19.3. The number of carbonyl (C=O) groups excluding carboxylic acids is 1. The second kappa shape index (κ2) is 7.88. The van der Waals surface area contributed by atoms with Crippen LogP contribution in [0.15, 0.2) is 42.5 Å². The molecule has 5 nitrogen and oxygen atoms in total. The summed E-state index contributed by atoms with van der Waals surface area (Å²) in [6, 6.07) is 14.6. The van der Waals surface area contributed by atoms with Gasteiger partial charge in [0.1, 0.15) is 13.2 Å². The SMILES string of the molecule is Cc1ccccc1[C@@H]1[C@@H]2CN(C(=O)c3ccc4c(c3)OCCO4)C[C@@H]2CN1C.Cl. The predicted molar refractivity (Wildman–Crippen MR) is 114 cm³/mol. The van der Waals surface area contributed by atoms with Crippen LogP contribution >= 0.6 is 12.4 Å². The van der Waals surface area contributed by atoms with Gasteiger partial charge in [-0.2, -0.15) is 0 Å². The fourth-order valence-corrected chi connectivity index (χ4v) is 5.17. The van der Waals surface area contributed by atoms with Crippen LogP contribution in [0.3, 0.4) is 0 Å². The van der Waals surface area contributed by atoms with Gasteiger partial charge < -0.3 is 14.4 Å². The molecule has 0 N–H and O–H groups in total. The number of amides is 1. The first kappa shape index (κ1) is 20.0. The molecule has 2 aromatic rings. The molecule has 3 aliphatic heterocycles. The van der Waals surface area contributed by atoms with Gasteiger partial charge >= 0.3 is 0 Å². The van der Waals surface area contributed by atoms with E-state index < -0.39 is 0 Å². The Bertz CT molecular complexity index is 919. The van der Waals surface area contributed by atoms with Crippen molar-refractivity contribution < 1.29 is 14.3 Å². The number of rotatable bonds is 2. The molecule has 0 saturated carbocycles. The van der Waals surface area contributed by atoms with Gasteiger partial charge in [0.25, 0.3) is 5.91 Å². The van der Waals surface area contributed by atoms with Gasteiger partial charge in [0.2, 0.25) is 0 Å². The molecule has 3 heterocycles. The first-order chi connectivity index (χ1) is 13.6. The van der Waals surface area contributed by atoms with Crippen molar-refractivity contribution in [3.63, 3.8) is 0 Å². The molecule has 0 spiro atoms. The normalized spacial score (nSPS) is 25.4. The summed E-state index contributed by atoms with van der Waals surface area (Å²) in [7, 11) is 2.21. The fraction of sp³-hybridized carbons (Fsp3) is 0.435. The van der Waals surface area contributed by atoms with Crippen LogP contribution in [0.25, 0.3) is 0 Å². The smallest absolute Gasteiger partial charge is 0.254 e. The Balaban J connectivity index is 0.00000205. The van der Waals surface area contributed by atoms with E-state index in [1.54, 1.807) is 0 Å². The summed E-state index contributed by atoms with van der Waals surface area (Å²) >= 11 is 0. The topological polar surface area (TPSA) is 42.0 Å². The van der Waals surface area contributed by atoms with Crippen molar-refractivity contribution in [3.05, 3.63) is 59.2 Å². The Kier molecular flexibility index (Phi) is 5.45. The first-order valence-corrected chi connectivity index (χ1v) is 10.1. The van der Waals surface area contributed by atoms with Gasteiger partial charge in [-0.05, 0) is 49.2 Å². The van der Waals surface area contributed by atoms with Crippen molar-refractivity contribution in [3.8, 4) is 11.5 Å². The van der Waals surface area contributed by atoms with Crippen LogP contribution in [0.1, 0.15) is 27.5 Å². The molecule has 29 heavy (non-hydrogen) atoms. The largest absolute Gasteiger partial charge is 0.486 e. The molecule has 1 amide bonds. The van der Waals surface area contributed by atoms with Crippen molar-refractivity contribution in [1.82, 2.24) is 9.80 Å². The number of hydrogen-bond acceptors (Lipinski definition) is 4. The Labute approximate surface area is 178 Å². The average molecular weight is 415 g/mol. The summed E-state index contributed by atoms with van der Waals surface area (Å²) in [6.45, 7) is 5.94. The summed E-state index contributed by atoms with van der Waals surface area (Å²) in [4.78, 5) is 17.7. The molecule has 2 fully saturated rings. The van der Waals surface area contributed by atoms with Crippen LogP contribution in [-0.4, -0.2) is 55.6 Å². The minimum Gasteiger partial charge on any atom is -0.486 e. The van der Waals surface area contributed by atoms with E-state index in [1.165, 1.54) is 11.1 Å². The van der Waals surface area contributed by atoms with Crippen molar-refractivity contribution in [2.75, 3.05) is 39.9 Å². The van der Waals surface area contributed by atoms with E-state index in [1.807, 2.05) is 23.1 Å². The fourth-order valence-electron chi connectivity index (χ4n) is 5.17. The third kappa shape index (κ3) is 3.47. The number of aryl methyl sites for hydroxylation is 1. The van der Waals surface area contributed by atoms with Gasteiger partial charge in [-0.15, -0.1) is 12.4 Å². The second-order valence-electron chi connectivity index (χ2n) is 8.23. The Morgan fingerprint density at radius 1 is 1.00 bits per heavy atom. The molecule has 0 unspecified atom stereocenters. The Morgan fingerprint density at radius 3 is 2.55 bits per heavy atom. The number of fused-ring (bicyclic) bond motifs is 2. The second-order valence-corrected chi connectivity index (χ2v) is 8.23. The maximum absolute atomic E-state index is 13.2. The highest BCUT2D eigenvalue weighted by Gasteiger charge is 2.47. The Morgan fingerprint density at radius 2 is 1.76 bits per heavy atom. The van der Waals surface area contributed by atoms with Crippen LogP contribution in [0.5, 0.6) is 11.5 Å². The summed E-state index contributed by atoms with van der Waals surface area (Å²) in [5.41, 5.74) is 3.41. The van der Waals surface area contributed by atoms with Gasteiger partial charge in [0.05, 0.1) is 0 Å².